The van der Waals surface area contributed by atoms with Crippen molar-refractivity contribution in [2.75, 3.05) is 0 Å². The number of hydrogen-bond acceptors (Lipinski definition) is 4. The van der Waals surface area contributed by atoms with Crippen molar-refractivity contribution in [1.29, 1.82) is 0 Å². The van der Waals surface area contributed by atoms with E-state index in [1.54, 1.807) is 39.8 Å². The van der Waals surface area contributed by atoms with E-state index in [1.165, 1.54) is 6.07 Å². The number of esters is 1. The molecule has 4 nitrogen and oxygen atoms in total. The highest BCUT2D eigenvalue weighted by molar-refractivity contribution is 9.10. The number of rotatable bonds is 6. The van der Waals surface area contributed by atoms with Crippen LogP contribution in [0.5, 0.6) is 5.75 Å². The molecule has 0 saturated heterocycles. The minimum Gasteiger partial charge on any atom is -0.425 e. The molecule has 0 radical (unpaired) electrons. The maximum Gasteiger partial charge on any atom is 0.327 e. The van der Waals surface area contributed by atoms with E-state index < -0.39 is 14.6 Å². The van der Waals surface area contributed by atoms with Gasteiger partial charge in [-0.2, -0.15) is 0 Å². The molecule has 0 heterocycles. The summed E-state index contributed by atoms with van der Waals surface area (Å²) in [6.07, 6.45) is 0.798. The lowest BCUT2D eigenvalue weighted by Crippen LogP contribution is -2.29. The van der Waals surface area contributed by atoms with E-state index in [-0.39, 0.29) is 18.0 Å². The molecule has 6 heteroatoms. The van der Waals surface area contributed by atoms with Gasteiger partial charge in [0, 0.05) is 12.0 Å². The Labute approximate surface area is 146 Å². The number of benzene rings is 1. The molecule has 0 unspecified atom stereocenters. The largest absolute Gasteiger partial charge is 0.425 e. The summed E-state index contributed by atoms with van der Waals surface area (Å²) in [6.45, 7) is 6.84. The van der Waals surface area contributed by atoms with E-state index in [0.29, 0.717) is 17.4 Å². The van der Waals surface area contributed by atoms with Crippen LogP contribution in [0.1, 0.15) is 43.6 Å². The first-order valence-electron chi connectivity index (χ1n) is 6.66. The third-order valence-corrected chi connectivity index (χ3v) is 3.61. The Bertz CT molecular complexity index is 549. The number of alkyl halides is 2. The molecule has 0 fully saturated rings. The Hall–Kier alpha value is -1.01. The number of carbonyl (C=O) groups excluding carboxylic acids is 3. The van der Waals surface area contributed by atoms with Crippen LogP contribution in [0.25, 0.3) is 0 Å². The third-order valence-electron chi connectivity index (χ3n) is 2.85. The molecule has 22 heavy (non-hydrogen) atoms. The molecule has 1 aromatic carbocycles. The Morgan fingerprint density at radius 1 is 1.09 bits per heavy atom. The fraction of sp³-hybridized carbons (Fsp3) is 0.438. The van der Waals surface area contributed by atoms with Gasteiger partial charge in [-0.25, -0.2) is 0 Å². The Balaban J connectivity index is 3.06. The molecule has 0 N–H and O–H groups in total. The summed E-state index contributed by atoms with van der Waals surface area (Å²) < 4.78 is 3.77. The second-order valence-corrected chi connectivity index (χ2v) is 9.93. The van der Waals surface area contributed by atoms with E-state index >= 15 is 0 Å². The molecule has 0 spiro atoms. The second-order valence-electron chi connectivity index (χ2n) is 5.96. The van der Waals surface area contributed by atoms with Crippen LogP contribution in [0, 0.1) is 0 Å². The van der Waals surface area contributed by atoms with Gasteiger partial charge in [-0.1, -0.05) is 31.9 Å². The van der Waals surface area contributed by atoms with Gasteiger partial charge in [-0.3, -0.25) is 14.4 Å². The fourth-order valence-electron chi connectivity index (χ4n) is 1.54. The Morgan fingerprint density at radius 2 is 1.68 bits per heavy atom. The molecule has 120 valence electrons. The predicted octanol–water partition coefficient (Wildman–Crippen LogP) is 3.86. The first-order chi connectivity index (χ1) is 9.93. The number of ether oxygens (including phenoxy) is 1. The quantitative estimate of drug-likeness (QED) is 0.295. The summed E-state index contributed by atoms with van der Waals surface area (Å²) in [5.74, 6) is -0.264. The van der Waals surface area contributed by atoms with Crippen molar-refractivity contribution in [1.82, 2.24) is 0 Å². The van der Waals surface area contributed by atoms with Gasteiger partial charge in [0.15, 0.2) is 5.78 Å². The van der Waals surface area contributed by atoms with Gasteiger partial charge in [-0.15, -0.1) is 0 Å². The van der Waals surface area contributed by atoms with Crippen LogP contribution in [0.2, 0.25) is 0 Å². The highest BCUT2D eigenvalue weighted by Gasteiger charge is 2.27. The first kappa shape index (κ1) is 19.0. The van der Waals surface area contributed by atoms with Crippen LogP contribution in [-0.2, 0) is 16.0 Å². The maximum absolute atomic E-state index is 12.1. The molecule has 1 aromatic rings. The van der Waals surface area contributed by atoms with E-state index in [4.69, 9.17) is 4.74 Å². The topological polar surface area (TPSA) is 60.4 Å². The van der Waals surface area contributed by atoms with Crippen LogP contribution in [0.4, 0.5) is 0 Å². The number of aldehydes is 1. The van der Waals surface area contributed by atoms with Crippen LogP contribution >= 0.6 is 31.9 Å². The van der Waals surface area contributed by atoms with Crippen LogP contribution in [0.3, 0.4) is 0 Å². The predicted molar refractivity (Wildman–Crippen MR) is 92.2 cm³/mol. The average Bonchev–Trinajstić information content (AvgIpc) is 2.36. The van der Waals surface area contributed by atoms with Crippen LogP contribution in [0.15, 0.2) is 18.2 Å². The van der Waals surface area contributed by atoms with Gasteiger partial charge in [0.25, 0.3) is 0 Å². The van der Waals surface area contributed by atoms with E-state index in [9.17, 15) is 14.4 Å². The highest BCUT2D eigenvalue weighted by atomic mass is 79.9. The SMILES string of the molecule is CC(C)(Br)C(=O)Cc1cc(C=O)cc(OC(=O)C(C)(C)Br)c1. The summed E-state index contributed by atoms with van der Waals surface area (Å²) >= 11 is 6.53. The molecular weight excluding hydrogens is 416 g/mol. The van der Waals surface area contributed by atoms with Gasteiger partial charge in [-0.05, 0) is 51.5 Å². The Kier molecular flexibility index (Phi) is 6.10. The monoisotopic (exact) mass is 432 g/mol. The van der Waals surface area contributed by atoms with Crippen molar-refractivity contribution < 1.29 is 19.1 Å². The summed E-state index contributed by atoms with van der Waals surface area (Å²) in [6, 6.07) is 4.68. The Morgan fingerprint density at radius 3 is 2.14 bits per heavy atom. The van der Waals surface area contributed by atoms with Crippen LogP contribution in [-0.4, -0.2) is 26.7 Å². The lowest BCUT2D eigenvalue weighted by atomic mass is 9.99. The minimum absolute atomic E-state index is 0.0337. The molecule has 0 aliphatic carbocycles. The average molecular weight is 434 g/mol. The van der Waals surface area contributed by atoms with Crippen molar-refractivity contribution in [3.05, 3.63) is 29.3 Å². The normalized spacial score (nSPS) is 11.9. The highest BCUT2D eigenvalue weighted by Crippen LogP contribution is 2.25. The zero-order valence-corrected chi connectivity index (χ0v) is 16.1. The summed E-state index contributed by atoms with van der Waals surface area (Å²) in [5.41, 5.74) is 0.977. The smallest absolute Gasteiger partial charge is 0.327 e. The molecule has 0 saturated carbocycles. The molecule has 0 atom stereocenters. The minimum atomic E-state index is -0.835. The second kappa shape index (κ2) is 7.04. The summed E-state index contributed by atoms with van der Waals surface area (Å²) in [4.78, 5) is 35.0. The summed E-state index contributed by atoms with van der Waals surface area (Å²) in [5, 5.41) is 0. The van der Waals surface area contributed by atoms with Crippen molar-refractivity contribution in [3.8, 4) is 5.75 Å². The van der Waals surface area contributed by atoms with Crippen molar-refractivity contribution in [2.45, 2.75) is 42.8 Å². The lowest BCUT2D eigenvalue weighted by molar-refractivity contribution is -0.136. The molecular formula is C16H18Br2O4. The molecule has 1 rings (SSSR count). The van der Waals surface area contributed by atoms with Gasteiger partial charge in [0.05, 0.1) is 4.32 Å². The van der Waals surface area contributed by atoms with Gasteiger partial charge >= 0.3 is 5.97 Å². The lowest BCUT2D eigenvalue weighted by Gasteiger charge is -2.17. The zero-order valence-electron chi connectivity index (χ0n) is 12.9. The van der Waals surface area contributed by atoms with E-state index in [0.717, 1.165) is 0 Å². The number of carbonyl (C=O) groups is 3. The number of halogens is 2. The molecule has 0 bridgehead atoms. The van der Waals surface area contributed by atoms with Crippen molar-refractivity contribution in [3.63, 3.8) is 0 Å². The molecule has 0 amide bonds. The van der Waals surface area contributed by atoms with Gasteiger partial charge < -0.3 is 4.74 Å². The van der Waals surface area contributed by atoms with E-state index in [1.807, 2.05) is 0 Å². The first-order valence-corrected chi connectivity index (χ1v) is 8.24. The maximum atomic E-state index is 12.1. The van der Waals surface area contributed by atoms with E-state index in [2.05, 4.69) is 31.9 Å². The van der Waals surface area contributed by atoms with Gasteiger partial charge in [0.2, 0.25) is 0 Å². The van der Waals surface area contributed by atoms with Gasteiger partial charge in [0.1, 0.15) is 16.4 Å². The number of ketones is 1. The number of Topliss-reactive ketones (excluding diaryl/α,β-unsaturated/α-hetero) is 1. The van der Waals surface area contributed by atoms with Crippen LogP contribution < -0.4 is 4.74 Å². The molecule has 0 aliphatic heterocycles. The standard InChI is InChI=1S/C16H18Br2O4/c1-15(2,17)13(20)8-10-5-11(9-19)7-12(6-10)22-14(21)16(3,4)18/h5-7,9H,8H2,1-4H3. The zero-order chi connectivity index (χ0) is 17.1. The third kappa shape index (κ3) is 5.65. The molecule has 0 aromatic heterocycles. The van der Waals surface area contributed by atoms with Crippen molar-refractivity contribution >= 4 is 49.9 Å². The van der Waals surface area contributed by atoms with Crippen molar-refractivity contribution in [2.24, 2.45) is 0 Å². The fourth-order valence-corrected chi connectivity index (χ4v) is 1.76. The number of hydrogen-bond donors (Lipinski definition) is 0. The molecule has 0 aliphatic rings. The summed E-state index contributed by atoms with van der Waals surface area (Å²) in [7, 11) is 0.